The largest absolute Gasteiger partial charge is 0.328 e. The first kappa shape index (κ1) is 12.4. The second-order valence-electron chi connectivity index (χ2n) is 4.50. The van der Waals surface area contributed by atoms with E-state index in [9.17, 15) is 0 Å². The van der Waals surface area contributed by atoms with Crippen LogP contribution in [0.5, 0.6) is 0 Å². The van der Waals surface area contributed by atoms with Crippen LogP contribution >= 0.6 is 0 Å². The van der Waals surface area contributed by atoms with Crippen LogP contribution in [0, 0.1) is 11.8 Å². The van der Waals surface area contributed by atoms with Crippen LogP contribution in [0.3, 0.4) is 0 Å². The van der Waals surface area contributed by atoms with E-state index in [1.165, 1.54) is 5.56 Å². The molecule has 0 amide bonds. The molecule has 1 heteroatoms. The molecule has 1 nitrogen and oxygen atoms in total. The Morgan fingerprint density at radius 2 is 1.61 bits per heavy atom. The first-order valence-electron chi connectivity index (χ1n) is 6.15. The van der Waals surface area contributed by atoms with E-state index in [0.717, 1.165) is 17.5 Å². The molecule has 2 N–H and O–H groups in total. The molecule has 0 saturated heterocycles. The van der Waals surface area contributed by atoms with Gasteiger partial charge in [-0.3, -0.25) is 0 Å². The van der Waals surface area contributed by atoms with Crippen LogP contribution < -0.4 is 5.73 Å². The fourth-order valence-corrected chi connectivity index (χ4v) is 1.81. The monoisotopic (exact) mass is 235 g/mol. The summed E-state index contributed by atoms with van der Waals surface area (Å²) in [5, 5.41) is 0. The molecule has 0 aliphatic heterocycles. The van der Waals surface area contributed by atoms with Crippen LogP contribution in [-0.4, -0.2) is 6.04 Å². The second kappa shape index (κ2) is 6.05. The van der Waals surface area contributed by atoms with E-state index in [1.807, 2.05) is 49.4 Å². The molecule has 0 aliphatic rings. The first-order chi connectivity index (χ1) is 8.74. The van der Waals surface area contributed by atoms with E-state index in [0.29, 0.717) is 0 Å². The molecule has 1 unspecified atom stereocenters. The van der Waals surface area contributed by atoms with Gasteiger partial charge in [0, 0.05) is 17.2 Å². The zero-order chi connectivity index (χ0) is 12.8. The highest BCUT2D eigenvalue weighted by molar-refractivity contribution is 5.43. The number of hydrogen-bond acceptors (Lipinski definition) is 1. The van der Waals surface area contributed by atoms with Crippen LogP contribution in [-0.2, 0) is 6.42 Å². The predicted molar refractivity (Wildman–Crippen MR) is 76.2 cm³/mol. The zero-order valence-corrected chi connectivity index (χ0v) is 10.6. The van der Waals surface area contributed by atoms with Crippen molar-refractivity contribution in [3.05, 3.63) is 71.3 Å². The van der Waals surface area contributed by atoms with Gasteiger partial charge < -0.3 is 5.73 Å². The highest BCUT2D eigenvalue weighted by Crippen LogP contribution is 2.06. The molecule has 18 heavy (non-hydrogen) atoms. The summed E-state index contributed by atoms with van der Waals surface area (Å²) in [6, 6.07) is 18.5. The second-order valence-corrected chi connectivity index (χ2v) is 4.50. The minimum atomic E-state index is 0.183. The predicted octanol–water partition coefficient (Wildman–Crippen LogP) is 2.98. The molecular formula is C17H17N. The van der Waals surface area contributed by atoms with E-state index in [-0.39, 0.29) is 6.04 Å². The van der Waals surface area contributed by atoms with Crippen molar-refractivity contribution in [3.63, 3.8) is 0 Å². The van der Waals surface area contributed by atoms with Crippen LogP contribution in [0.1, 0.15) is 23.6 Å². The summed E-state index contributed by atoms with van der Waals surface area (Å²) in [6.45, 7) is 2.02. The number of rotatable bonds is 2. The van der Waals surface area contributed by atoms with Crippen LogP contribution in [0.2, 0.25) is 0 Å². The number of benzene rings is 2. The average Bonchev–Trinajstić information content (AvgIpc) is 2.37. The Kier molecular flexibility index (Phi) is 4.17. The third-order valence-electron chi connectivity index (χ3n) is 2.61. The van der Waals surface area contributed by atoms with Gasteiger partial charge >= 0.3 is 0 Å². The van der Waals surface area contributed by atoms with Crippen molar-refractivity contribution in [2.24, 2.45) is 5.73 Å². The average molecular weight is 235 g/mol. The molecule has 0 aromatic heterocycles. The normalized spacial score (nSPS) is 11.4. The smallest absolute Gasteiger partial charge is 0.0251 e. The molecule has 0 fully saturated rings. The molecule has 0 bridgehead atoms. The molecule has 2 aromatic carbocycles. The topological polar surface area (TPSA) is 26.0 Å². The van der Waals surface area contributed by atoms with E-state index in [2.05, 4.69) is 24.0 Å². The van der Waals surface area contributed by atoms with Crippen LogP contribution in [0.15, 0.2) is 54.6 Å². The third-order valence-corrected chi connectivity index (χ3v) is 2.61. The minimum Gasteiger partial charge on any atom is -0.328 e. The van der Waals surface area contributed by atoms with E-state index < -0.39 is 0 Å². The van der Waals surface area contributed by atoms with Gasteiger partial charge in [0.25, 0.3) is 0 Å². The lowest BCUT2D eigenvalue weighted by Crippen LogP contribution is -2.17. The van der Waals surface area contributed by atoms with E-state index in [4.69, 9.17) is 5.73 Å². The Hall–Kier alpha value is -2.04. The van der Waals surface area contributed by atoms with Crippen LogP contribution in [0.4, 0.5) is 0 Å². The lowest BCUT2D eigenvalue weighted by molar-refractivity contribution is 0.738. The van der Waals surface area contributed by atoms with Crippen LogP contribution in [0.25, 0.3) is 0 Å². The van der Waals surface area contributed by atoms with Gasteiger partial charge in [-0.1, -0.05) is 42.2 Å². The molecule has 0 aliphatic carbocycles. The van der Waals surface area contributed by atoms with E-state index >= 15 is 0 Å². The van der Waals surface area contributed by atoms with Gasteiger partial charge in [0.15, 0.2) is 0 Å². The molecule has 0 heterocycles. The summed E-state index contributed by atoms with van der Waals surface area (Å²) in [4.78, 5) is 0. The molecule has 0 radical (unpaired) electrons. The van der Waals surface area contributed by atoms with Crippen molar-refractivity contribution in [1.82, 2.24) is 0 Å². The summed E-state index contributed by atoms with van der Waals surface area (Å²) in [5.74, 6) is 6.34. The Morgan fingerprint density at radius 3 is 2.33 bits per heavy atom. The summed E-state index contributed by atoms with van der Waals surface area (Å²) in [6.07, 6.45) is 0.890. The molecule has 1 atom stereocenters. The summed E-state index contributed by atoms with van der Waals surface area (Å²) < 4.78 is 0. The van der Waals surface area contributed by atoms with Gasteiger partial charge in [-0.15, -0.1) is 0 Å². The zero-order valence-electron chi connectivity index (χ0n) is 10.6. The van der Waals surface area contributed by atoms with Crippen molar-refractivity contribution in [1.29, 1.82) is 0 Å². The van der Waals surface area contributed by atoms with E-state index in [1.54, 1.807) is 0 Å². The standard InChI is InChI=1S/C17H17N/c1-14(18)12-17-9-5-8-16(13-17)11-10-15-6-3-2-4-7-15/h2-9,13-14H,12,18H2,1H3. The van der Waals surface area contributed by atoms with Crippen molar-refractivity contribution in [2.45, 2.75) is 19.4 Å². The maximum atomic E-state index is 5.80. The molecule has 0 saturated carbocycles. The Labute approximate surface area is 109 Å². The quantitative estimate of drug-likeness (QED) is 0.796. The van der Waals surface area contributed by atoms with Gasteiger partial charge in [0.05, 0.1) is 0 Å². The molecule has 2 aromatic rings. The van der Waals surface area contributed by atoms with Crippen molar-refractivity contribution < 1.29 is 0 Å². The summed E-state index contributed by atoms with van der Waals surface area (Å²) in [7, 11) is 0. The maximum Gasteiger partial charge on any atom is 0.0251 e. The summed E-state index contributed by atoms with van der Waals surface area (Å²) in [5.41, 5.74) is 9.12. The van der Waals surface area contributed by atoms with Gasteiger partial charge in [-0.05, 0) is 43.2 Å². The van der Waals surface area contributed by atoms with Gasteiger partial charge in [-0.25, -0.2) is 0 Å². The third kappa shape index (κ3) is 3.76. The molecular weight excluding hydrogens is 218 g/mol. The van der Waals surface area contributed by atoms with Crippen molar-refractivity contribution in [3.8, 4) is 11.8 Å². The van der Waals surface area contributed by atoms with Crippen molar-refractivity contribution >= 4 is 0 Å². The molecule has 0 spiro atoms. The minimum absolute atomic E-state index is 0.183. The Morgan fingerprint density at radius 1 is 0.944 bits per heavy atom. The molecule has 2 rings (SSSR count). The fourth-order valence-electron chi connectivity index (χ4n) is 1.81. The Balaban J connectivity index is 2.17. The van der Waals surface area contributed by atoms with Crippen molar-refractivity contribution in [2.75, 3.05) is 0 Å². The number of hydrogen-bond donors (Lipinski definition) is 1. The maximum absolute atomic E-state index is 5.80. The molecule has 90 valence electrons. The lowest BCUT2D eigenvalue weighted by Gasteiger charge is -2.04. The Bertz CT molecular complexity index is 559. The fraction of sp³-hybridized carbons (Fsp3) is 0.176. The highest BCUT2D eigenvalue weighted by atomic mass is 14.6. The van der Waals surface area contributed by atoms with Gasteiger partial charge in [0.2, 0.25) is 0 Å². The van der Waals surface area contributed by atoms with Gasteiger partial charge in [-0.2, -0.15) is 0 Å². The SMILES string of the molecule is CC(N)Cc1cccc(C#Cc2ccccc2)c1. The summed E-state index contributed by atoms with van der Waals surface area (Å²) >= 11 is 0. The highest BCUT2D eigenvalue weighted by Gasteiger charge is 1.97. The van der Waals surface area contributed by atoms with Gasteiger partial charge in [0.1, 0.15) is 0 Å². The lowest BCUT2D eigenvalue weighted by atomic mass is 10.0. The first-order valence-corrected chi connectivity index (χ1v) is 6.15. The number of nitrogens with two attached hydrogens (primary N) is 1.